The molecule has 1 aromatic rings. The third-order valence-corrected chi connectivity index (χ3v) is 4.85. The maximum Gasteiger partial charge on any atom is 0.347 e. The number of nitrogens with zero attached hydrogens (tertiary/aromatic N) is 2. The van der Waals surface area contributed by atoms with E-state index in [0.29, 0.717) is 6.42 Å². The van der Waals surface area contributed by atoms with Crippen molar-refractivity contribution in [1.82, 2.24) is 9.55 Å². The van der Waals surface area contributed by atoms with E-state index in [2.05, 4.69) is 4.98 Å². The lowest BCUT2D eigenvalue weighted by molar-refractivity contribution is 0.0155. The Balaban J connectivity index is 2.00. The van der Waals surface area contributed by atoms with Gasteiger partial charge in [0.15, 0.2) is 0 Å². The molecule has 0 bridgehead atoms. The highest BCUT2D eigenvalue weighted by Crippen LogP contribution is 2.54. The summed E-state index contributed by atoms with van der Waals surface area (Å²) in [6, 6.07) is 1.94. The lowest BCUT2D eigenvalue weighted by Crippen LogP contribution is -2.42. The Labute approximate surface area is 107 Å². The Kier molecular flexibility index (Phi) is 2.98. The van der Waals surface area contributed by atoms with Crippen LogP contribution >= 0.6 is 0 Å². The monoisotopic (exact) mass is 248 g/mol. The highest BCUT2D eigenvalue weighted by atomic mass is 16.3. The molecule has 98 valence electrons. The number of aliphatic hydroxyl groups is 1. The normalized spacial score (nSPS) is 30.7. The first kappa shape index (κ1) is 11.9. The average molecular weight is 248 g/mol. The van der Waals surface area contributed by atoms with Gasteiger partial charge in [-0.05, 0) is 43.6 Å². The molecule has 1 N–H and O–H groups in total. The molecule has 1 heterocycles. The predicted octanol–water partition coefficient (Wildman–Crippen LogP) is 1.89. The predicted molar refractivity (Wildman–Crippen MR) is 68.3 cm³/mol. The maximum atomic E-state index is 11.9. The van der Waals surface area contributed by atoms with Crippen molar-refractivity contribution in [3.63, 3.8) is 0 Å². The van der Waals surface area contributed by atoms with Crippen molar-refractivity contribution in [3.05, 3.63) is 28.9 Å². The zero-order chi connectivity index (χ0) is 12.6. The second-order valence-corrected chi connectivity index (χ2v) is 5.82. The van der Waals surface area contributed by atoms with Gasteiger partial charge in [0.25, 0.3) is 0 Å². The smallest absolute Gasteiger partial charge is 0.347 e. The van der Waals surface area contributed by atoms with Crippen molar-refractivity contribution in [2.45, 2.75) is 57.1 Å². The fourth-order valence-electron chi connectivity index (χ4n) is 3.92. The van der Waals surface area contributed by atoms with E-state index in [9.17, 15) is 9.90 Å². The summed E-state index contributed by atoms with van der Waals surface area (Å²) in [6.45, 7) is 0. The van der Waals surface area contributed by atoms with E-state index in [1.165, 1.54) is 25.7 Å². The molecule has 0 saturated heterocycles. The van der Waals surface area contributed by atoms with Gasteiger partial charge in [0.1, 0.15) is 0 Å². The van der Waals surface area contributed by atoms with Crippen molar-refractivity contribution in [1.29, 1.82) is 0 Å². The van der Waals surface area contributed by atoms with Crippen molar-refractivity contribution >= 4 is 0 Å². The van der Waals surface area contributed by atoms with Crippen LogP contribution in [0.4, 0.5) is 0 Å². The summed E-state index contributed by atoms with van der Waals surface area (Å²) in [7, 11) is 0. The Morgan fingerprint density at radius 3 is 2.83 bits per heavy atom. The van der Waals surface area contributed by atoms with Gasteiger partial charge in [0.2, 0.25) is 0 Å². The number of aromatic nitrogens is 2. The fraction of sp³-hybridized carbons (Fsp3) is 0.714. The molecule has 18 heavy (non-hydrogen) atoms. The van der Waals surface area contributed by atoms with Crippen LogP contribution in [-0.4, -0.2) is 20.8 Å². The molecular weight excluding hydrogens is 228 g/mol. The molecular formula is C14H20N2O2. The Bertz CT molecular complexity index is 477. The van der Waals surface area contributed by atoms with Gasteiger partial charge in [-0.1, -0.05) is 12.8 Å². The maximum absolute atomic E-state index is 11.9. The van der Waals surface area contributed by atoms with Gasteiger partial charge >= 0.3 is 5.69 Å². The largest absolute Gasteiger partial charge is 0.393 e. The third-order valence-electron chi connectivity index (χ3n) is 4.85. The quantitative estimate of drug-likeness (QED) is 0.825. The summed E-state index contributed by atoms with van der Waals surface area (Å²) in [5, 5.41) is 9.94. The van der Waals surface area contributed by atoms with Gasteiger partial charge in [0.05, 0.1) is 6.10 Å². The van der Waals surface area contributed by atoms with Crippen LogP contribution in [0.25, 0.3) is 0 Å². The van der Waals surface area contributed by atoms with E-state index in [-0.39, 0.29) is 23.3 Å². The van der Waals surface area contributed by atoms with Crippen LogP contribution in [0.3, 0.4) is 0 Å². The number of aliphatic hydroxyl groups excluding tert-OH is 1. The van der Waals surface area contributed by atoms with Crippen LogP contribution < -0.4 is 5.69 Å². The summed E-state index contributed by atoms with van der Waals surface area (Å²) in [5.41, 5.74) is 0.0504. The molecule has 0 aliphatic heterocycles. The van der Waals surface area contributed by atoms with E-state index < -0.39 is 0 Å². The molecule has 0 aromatic carbocycles. The molecule has 4 nitrogen and oxygen atoms in total. The van der Waals surface area contributed by atoms with Crippen LogP contribution in [-0.2, 0) is 0 Å². The second kappa shape index (κ2) is 4.50. The van der Waals surface area contributed by atoms with Crippen molar-refractivity contribution < 1.29 is 5.11 Å². The molecule has 2 fully saturated rings. The summed E-state index contributed by atoms with van der Waals surface area (Å²) < 4.78 is 1.76. The first-order valence-corrected chi connectivity index (χ1v) is 6.92. The van der Waals surface area contributed by atoms with E-state index in [1.54, 1.807) is 10.8 Å². The zero-order valence-corrected chi connectivity index (χ0v) is 10.6. The fourth-order valence-corrected chi connectivity index (χ4v) is 3.92. The third kappa shape index (κ3) is 1.88. The van der Waals surface area contributed by atoms with Gasteiger partial charge in [-0.3, -0.25) is 4.57 Å². The molecule has 1 spiro atoms. The first-order valence-electron chi connectivity index (χ1n) is 6.92. The Hall–Kier alpha value is -1.16. The van der Waals surface area contributed by atoms with Crippen molar-refractivity contribution in [2.75, 3.05) is 0 Å². The minimum absolute atomic E-state index is 0.130. The van der Waals surface area contributed by atoms with Crippen LogP contribution in [0.15, 0.2) is 23.3 Å². The van der Waals surface area contributed by atoms with Gasteiger partial charge in [-0.25, -0.2) is 9.78 Å². The number of rotatable bonds is 1. The Morgan fingerprint density at radius 1 is 1.33 bits per heavy atom. The molecule has 4 heteroatoms. The van der Waals surface area contributed by atoms with Crippen LogP contribution in [0, 0.1) is 5.41 Å². The Morgan fingerprint density at radius 2 is 2.11 bits per heavy atom. The van der Waals surface area contributed by atoms with Crippen molar-refractivity contribution in [2.24, 2.45) is 5.41 Å². The number of hydrogen-bond donors (Lipinski definition) is 1. The summed E-state index contributed by atoms with van der Waals surface area (Å²) in [4.78, 5) is 15.8. The lowest BCUT2D eigenvalue weighted by atomic mass is 9.68. The minimum atomic E-state index is -0.270. The molecule has 0 amide bonds. The van der Waals surface area contributed by atoms with Gasteiger partial charge < -0.3 is 5.11 Å². The van der Waals surface area contributed by atoms with E-state index in [4.69, 9.17) is 0 Å². The van der Waals surface area contributed by atoms with E-state index >= 15 is 0 Å². The van der Waals surface area contributed by atoms with Crippen LogP contribution in [0.5, 0.6) is 0 Å². The van der Waals surface area contributed by atoms with E-state index in [1.807, 2.05) is 12.3 Å². The average Bonchev–Trinajstić information content (AvgIpc) is 2.83. The second-order valence-electron chi connectivity index (χ2n) is 5.82. The first-order chi connectivity index (χ1) is 8.71. The minimum Gasteiger partial charge on any atom is -0.393 e. The van der Waals surface area contributed by atoms with Gasteiger partial charge in [-0.2, -0.15) is 0 Å². The summed E-state index contributed by atoms with van der Waals surface area (Å²) >= 11 is 0. The molecule has 1 aromatic heterocycles. The SMILES string of the molecule is O=c1ncccn1C1CC(O)CCC12CCCC2. The molecule has 2 saturated carbocycles. The van der Waals surface area contributed by atoms with Crippen molar-refractivity contribution in [3.8, 4) is 0 Å². The topological polar surface area (TPSA) is 55.1 Å². The van der Waals surface area contributed by atoms with Crippen LogP contribution in [0.1, 0.15) is 51.0 Å². The molecule has 2 aliphatic carbocycles. The molecule has 3 rings (SSSR count). The molecule has 2 atom stereocenters. The summed E-state index contributed by atoms with van der Waals surface area (Å²) in [5.74, 6) is 0. The molecule has 0 radical (unpaired) electrons. The highest BCUT2D eigenvalue weighted by Gasteiger charge is 2.46. The highest BCUT2D eigenvalue weighted by molar-refractivity contribution is 5.00. The summed E-state index contributed by atoms with van der Waals surface area (Å²) in [6.07, 6.45) is 10.6. The molecule has 2 unspecified atom stereocenters. The standard InChI is InChI=1S/C14H20N2O2/c17-11-4-7-14(5-1-2-6-14)12(10-11)16-9-3-8-15-13(16)18/h3,8-9,11-12,17H,1-2,4-7,10H2. The van der Waals surface area contributed by atoms with Crippen LogP contribution in [0.2, 0.25) is 0 Å². The van der Waals surface area contributed by atoms with Gasteiger partial charge in [-0.15, -0.1) is 0 Å². The molecule has 2 aliphatic rings. The zero-order valence-electron chi connectivity index (χ0n) is 10.6. The lowest BCUT2D eigenvalue weighted by Gasteiger charge is -2.44. The number of hydrogen-bond acceptors (Lipinski definition) is 3. The van der Waals surface area contributed by atoms with Gasteiger partial charge in [0, 0.05) is 18.4 Å². The van der Waals surface area contributed by atoms with E-state index in [0.717, 1.165) is 12.8 Å².